The summed E-state index contributed by atoms with van der Waals surface area (Å²) in [5, 5.41) is 0. The van der Waals surface area contributed by atoms with Crippen molar-refractivity contribution < 1.29 is 42.1 Å². The maximum Gasteiger partial charge on any atom is 0.472 e. The number of hydrogen-bond donors (Lipinski definition) is 1. The van der Waals surface area contributed by atoms with Crippen LogP contribution in [0.4, 0.5) is 0 Å². The molecule has 0 rings (SSSR count). The van der Waals surface area contributed by atoms with Gasteiger partial charge in [0.05, 0.1) is 27.7 Å². The molecule has 0 heterocycles. The third-order valence-corrected chi connectivity index (χ3v) is 8.84. The number of likely N-dealkylation sites (N-methyl/N-ethyl adjacent to an activating group) is 1. The molecule has 0 bridgehead atoms. The van der Waals surface area contributed by atoms with Gasteiger partial charge in [0.2, 0.25) is 0 Å². The molecular formula is C35H71NO8P+. The summed E-state index contributed by atoms with van der Waals surface area (Å²) in [7, 11) is 1.48. The predicted molar refractivity (Wildman–Crippen MR) is 183 cm³/mol. The lowest BCUT2D eigenvalue weighted by molar-refractivity contribution is -0.870. The summed E-state index contributed by atoms with van der Waals surface area (Å²) < 4.78 is 33.4. The first kappa shape index (κ1) is 44.0. The monoisotopic (exact) mass is 664 g/mol. The summed E-state index contributed by atoms with van der Waals surface area (Å²) in [6.45, 7) is 4.03. The third kappa shape index (κ3) is 32.7. The molecule has 0 aromatic rings. The van der Waals surface area contributed by atoms with Crippen molar-refractivity contribution in [2.24, 2.45) is 0 Å². The third-order valence-electron chi connectivity index (χ3n) is 7.86. The number of quaternary nitrogens is 1. The first-order valence-electron chi connectivity index (χ1n) is 18.3. The molecule has 0 saturated carbocycles. The van der Waals surface area contributed by atoms with Crippen LogP contribution in [0.5, 0.6) is 0 Å². The van der Waals surface area contributed by atoms with E-state index in [-0.39, 0.29) is 25.6 Å². The number of rotatable bonds is 33. The summed E-state index contributed by atoms with van der Waals surface area (Å²) >= 11 is 0. The van der Waals surface area contributed by atoms with Crippen molar-refractivity contribution >= 4 is 19.8 Å². The Bertz CT molecular complexity index is 758. The van der Waals surface area contributed by atoms with Gasteiger partial charge in [0.25, 0.3) is 0 Å². The van der Waals surface area contributed by atoms with E-state index in [2.05, 4.69) is 6.92 Å². The van der Waals surface area contributed by atoms with E-state index in [0.717, 1.165) is 19.3 Å². The average molecular weight is 665 g/mol. The van der Waals surface area contributed by atoms with Crippen LogP contribution in [0.3, 0.4) is 0 Å². The summed E-state index contributed by atoms with van der Waals surface area (Å²) in [6.07, 6.45) is 26.2. The Morgan fingerprint density at radius 1 is 0.600 bits per heavy atom. The second kappa shape index (κ2) is 29.2. The van der Waals surface area contributed by atoms with Crippen LogP contribution >= 0.6 is 7.82 Å². The Morgan fingerprint density at radius 3 is 1.47 bits per heavy atom. The normalized spacial score (nSPS) is 13.8. The molecule has 10 heteroatoms. The van der Waals surface area contributed by atoms with E-state index in [1.165, 1.54) is 109 Å². The van der Waals surface area contributed by atoms with E-state index in [1.54, 1.807) is 0 Å². The van der Waals surface area contributed by atoms with Gasteiger partial charge in [0.15, 0.2) is 6.10 Å². The molecule has 0 fully saturated rings. The fraction of sp³-hybridized carbons (Fsp3) is 0.943. The van der Waals surface area contributed by atoms with Gasteiger partial charge in [-0.3, -0.25) is 18.6 Å². The highest BCUT2D eigenvalue weighted by atomic mass is 31.2. The lowest BCUT2D eigenvalue weighted by Gasteiger charge is -2.24. The number of unbranched alkanes of at least 4 members (excludes halogenated alkanes) is 19. The summed E-state index contributed by atoms with van der Waals surface area (Å²) in [5.74, 6) is -0.852. The van der Waals surface area contributed by atoms with Gasteiger partial charge in [0, 0.05) is 12.8 Å². The SMILES string of the molecule is CCCCCCCCCCCCCCCCCCCCCCC(=O)OC[C@H](COP(=O)(O)OCC[N+](C)(C)C)OC(=O)CCC. The van der Waals surface area contributed by atoms with Crippen molar-refractivity contribution in [3.8, 4) is 0 Å². The van der Waals surface area contributed by atoms with Crippen LogP contribution in [-0.4, -0.2) is 74.9 Å². The summed E-state index contributed by atoms with van der Waals surface area (Å²) in [6, 6.07) is 0. The number of ether oxygens (including phenoxy) is 2. The van der Waals surface area contributed by atoms with Crippen LogP contribution in [0, 0.1) is 0 Å². The van der Waals surface area contributed by atoms with Gasteiger partial charge in [-0.1, -0.05) is 136 Å². The molecule has 0 spiro atoms. The Hall–Kier alpha value is -0.990. The highest BCUT2D eigenvalue weighted by molar-refractivity contribution is 7.47. The zero-order valence-corrected chi connectivity index (χ0v) is 30.8. The van der Waals surface area contributed by atoms with Crippen molar-refractivity contribution in [1.29, 1.82) is 0 Å². The molecule has 0 saturated heterocycles. The highest BCUT2D eigenvalue weighted by Crippen LogP contribution is 2.43. The fourth-order valence-corrected chi connectivity index (χ4v) is 5.73. The molecule has 0 radical (unpaired) electrons. The zero-order chi connectivity index (χ0) is 33.7. The minimum Gasteiger partial charge on any atom is -0.462 e. The quantitative estimate of drug-likeness (QED) is 0.0320. The minimum atomic E-state index is -4.33. The van der Waals surface area contributed by atoms with E-state index in [1.807, 2.05) is 28.1 Å². The van der Waals surface area contributed by atoms with Crippen molar-refractivity contribution in [2.75, 3.05) is 47.5 Å². The lowest BCUT2D eigenvalue weighted by atomic mass is 10.0. The number of hydrogen-bond acceptors (Lipinski definition) is 7. The van der Waals surface area contributed by atoms with E-state index < -0.39 is 26.5 Å². The number of carbonyl (C=O) groups is 2. The summed E-state index contributed by atoms with van der Waals surface area (Å²) in [5.41, 5.74) is 0. The van der Waals surface area contributed by atoms with Gasteiger partial charge in [-0.2, -0.15) is 0 Å². The van der Waals surface area contributed by atoms with Crippen molar-refractivity contribution in [1.82, 2.24) is 0 Å². The molecule has 0 aliphatic carbocycles. The standard InChI is InChI=1S/C35H70NO8P/c1-6-8-9-10-11-12-13-14-15-16-17-18-19-20-21-22-23-24-25-26-28-34(37)41-31-33(44-35(38)27-7-2)32-43-45(39,40)42-30-29-36(3,4)5/h33H,6-32H2,1-5H3/p+1/t33-/m1/s1. The zero-order valence-electron chi connectivity index (χ0n) is 29.9. The predicted octanol–water partition coefficient (Wildman–Crippen LogP) is 9.29. The molecule has 0 aliphatic heterocycles. The van der Waals surface area contributed by atoms with Gasteiger partial charge in [-0.05, 0) is 12.8 Å². The Morgan fingerprint density at radius 2 is 1.04 bits per heavy atom. The van der Waals surface area contributed by atoms with Gasteiger partial charge in [0.1, 0.15) is 19.8 Å². The topological polar surface area (TPSA) is 108 Å². The molecule has 45 heavy (non-hydrogen) atoms. The smallest absolute Gasteiger partial charge is 0.462 e. The van der Waals surface area contributed by atoms with Gasteiger partial charge >= 0.3 is 19.8 Å². The first-order chi connectivity index (χ1) is 21.5. The number of carbonyl (C=O) groups excluding carboxylic acids is 2. The molecule has 268 valence electrons. The fourth-order valence-electron chi connectivity index (χ4n) is 4.99. The molecule has 1 N–H and O–H groups in total. The maximum atomic E-state index is 12.3. The van der Waals surface area contributed by atoms with E-state index in [4.69, 9.17) is 18.5 Å². The number of esters is 2. The van der Waals surface area contributed by atoms with Gasteiger partial charge in [-0.25, -0.2) is 4.57 Å². The largest absolute Gasteiger partial charge is 0.472 e. The number of nitrogens with zero attached hydrogens (tertiary/aromatic N) is 1. The Kier molecular flexibility index (Phi) is 28.5. The number of phosphoric ester groups is 1. The molecule has 9 nitrogen and oxygen atoms in total. The van der Waals surface area contributed by atoms with Crippen molar-refractivity contribution in [3.63, 3.8) is 0 Å². The number of phosphoric acid groups is 1. The van der Waals surface area contributed by atoms with E-state index >= 15 is 0 Å². The second-order valence-corrected chi connectivity index (χ2v) is 15.1. The van der Waals surface area contributed by atoms with Gasteiger partial charge in [-0.15, -0.1) is 0 Å². The maximum absolute atomic E-state index is 12.3. The van der Waals surface area contributed by atoms with E-state index in [0.29, 0.717) is 23.9 Å². The van der Waals surface area contributed by atoms with Crippen LogP contribution in [0.15, 0.2) is 0 Å². The highest BCUT2D eigenvalue weighted by Gasteiger charge is 2.26. The molecule has 0 aromatic carbocycles. The first-order valence-corrected chi connectivity index (χ1v) is 19.8. The molecule has 0 aromatic heterocycles. The van der Waals surface area contributed by atoms with Crippen molar-refractivity contribution in [2.45, 2.75) is 168 Å². The molecular weight excluding hydrogens is 593 g/mol. The molecule has 0 aliphatic rings. The molecule has 1 unspecified atom stereocenters. The molecule has 2 atom stereocenters. The van der Waals surface area contributed by atoms with E-state index in [9.17, 15) is 19.0 Å². The van der Waals surface area contributed by atoms with Gasteiger partial charge < -0.3 is 18.9 Å². The van der Waals surface area contributed by atoms with Crippen LogP contribution in [-0.2, 0) is 32.7 Å². The van der Waals surface area contributed by atoms with Crippen LogP contribution in [0.1, 0.15) is 162 Å². The van der Waals surface area contributed by atoms with Crippen LogP contribution < -0.4 is 0 Å². The minimum absolute atomic E-state index is 0.0338. The summed E-state index contributed by atoms with van der Waals surface area (Å²) in [4.78, 5) is 34.2. The average Bonchev–Trinajstić information content (AvgIpc) is 2.97. The molecule has 0 amide bonds. The van der Waals surface area contributed by atoms with Crippen LogP contribution in [0.25, 0.3) is 0 Å². The van der Waals surface area contributed by atoms with Crippen molar-refractivity contribution in [3.05, 3.63) is 0 Å². The Balaban J connectivity index is 3.87. The second-order valence-electron chi connectivity index (χ2n) is 13.6. The Labute approximate surface area is 276 Å². The lowest BCUT2D eigenvalue weighted by Crippen LogP contribution is -2.37. The van der Waals surface area contributed by atoms with Crippen LogP contribution in [0.2, 0.25) is 0 Å².